The number of aliphatic carboxylic acids is 4. The number of methoxy groups -OCH3 is 3. The van der Waals surface area contributed by atoms with Crippen LogP contribution in [0.2, 0.25) is 0 Å². The number of phenolic OH excluding ortho intramolecular Hbond substituents is 2. The van der Waals surface area contributed by atoms with Crippen molar-refractivity contribution in [1.82, 2.24) is 0 Å². The number of allylic oxidation sites excluding steroid dienone is 2. The van der Waals surface area contributed by atoms with Crippen LogP contribution in [0.5, 0.6) is 28.7 Å². The van der Waals surface area contributed by atoms with E-state index in [2.05, 4.69) is 87.0 Å². The van der Waals surface area contributed by atoms with Crippen LogP contribution in [0, 0.1) is 0 Å². The summed E-state index contributed by atoms with van der Waals surface area (Å²) in [6, 6.07) is 25.2. The van der Waals surface area contributed by atoms with Gasteiger partial charge < -0.3 is 83.4 Å². The molecule has 122 heavy (non-hydrogen) atoms. The van der Waals surface area contributed by atoms with E-state index < -0.39 is 88.1 Å². The van der Waals surface area contributed by atoms with Gasteiger partial charge >= 0.3 is 113 Å². The zero-order valence-corrected chi connectivity index (χ0v) is 82.4. The monoisotopic (exact) mass is 1780 g/mol. The van der Waals surface area contributed by atoms with E-state index in [9.17, 15) is 73.1 Å². The third kappa shape index (κ3) is 33.4. The number of aromatic hydroxyl groups is 2. The van der Waals surface area contributed by atoms with Crippen LogP contribution >= 0.6 is 0 Å². The molecule has 0 saturated carbocycles. The van der Waals surface area contributed by atoms with Crippen LogP contribution in [0.1, 0.15) is 224 Å². The van der Waals surface area contributed by atoms with Crippen molar-refractivity contribution >= 4 is 117 Å². The van der Waals surface area contributed by atoms with Gasteiger partial charge in [0.15, 0.2) is 6.29 Å². The number of carbonyl (C=O) groups is 5. The number of nitrogens with one attached hydrogen (secondary N) is 1. The molecule has 28 nitrogen and oxygen atoms in total. The van der Waals surface area contributed by atoms with Gasteiger partial charge in [-0.05, 0) is 217 Å². The molecule has 0 bridgehead atoms. The van der Waals surface area contributed by atoms with Crippen LogP contribution in [0.4, 0.5) is 28.4 Å². The fourth-order valence-electron chi connectivity index (χ4n) is 15.7. The minimum Gasteiger partial charge on any atom is -0.748 e. The summed E-state index contributed by atoms with van der Waals surface area (Å²) in [5.74, 6) is -2.79. The molecule has 0 radical (unpaired) electrons. The summed E-state index contributed by atoms with van der Waals surface area (Å²) >= 11 is 0. The number of carboxylic acids is 4. The Kier molecular flexibility index (Phi) is 42.6. The summed E-state index contributed by atoms with van der Waals surface area (Å²) in [6.07, 6.45) is 19.8. The number of anilines is 5. The first-order valence-corrected chi connectivity index (χ1v) is 44.4. The summed E-state index contributed by atoms with van der Waals surface area (Å²) in [6.45, 7) is 27.3. The number of fused-ring (bicyclic) bond motifs is 5. The first-order chi connectivity index (χ1) is 55.3. The van der Waals surface area contributed by atoms with E-state index >= 15 is 0 Å². The van der Waals surface area contributed by atoms with Gasteiger partial charge in [-0.25, -0.2) is 25.3 Å². The minimum atomic E-state index is -4.54. The molecule has 0 unspecified atom stereocenters. The molecule has 0 fully saturated rings. The van der Waals surface area contributed by atoms with Gasteiger partial charge in [-0.1, -0.05) is 56.1 Å². The van der Waals surface area contributed by atoms with Crippen LogP contribution in [-0.2, 0) is 49.5 Å². The second-order valence-corrected chi connectivity index (χ2v) is 37.3. The Morgan fingerprint density at radius 3 is 1.05 bits per heavy atom. The van der Waals surface area contributed by atoms with Crippen molar-refractivity contribution in [1.29, 1.82) is 0 Å². The summed E-state index contributed by atoms with van der Waals surface area (Å²) in [5.41, 5.74) is 10.7. The number of rotatable bonds is 34. The van der Waals surface area contributed by atoms with Crippen molar-refractivity contribution in [3.63, 3.8) is 0 Å². The maximum absolute atomic E-state index is 11.3. The van der Waals surface area contributed by atoms with E-state index in [4.69, 9.17) is 34.6 Å². The first-order valence-electron chi connectivity index (χ1n) is 39.7. The standard InChI is InChI=1S/C19H25NO7S.C19H27NO6S.C19H27NO3.C18H25NO6S.C13H17NO.3Na/c1-19(2)10-14(12-28(25,26)27)15-8-13(11-21)17(22)9-16(15)20(19)7-5-3-4-6-18(23)24;1-19(2)12-14(13-27(23,24)25)16-9-8-15(26-3)11-17(16)20(19)10-6-4-5-7-18(21)22;1-14-13-19(2,3)20(11-7-5-6-8-18(21)22)17-12-15(23-4)9-10-16(14)17;1-18(2)11-13(12-26(23,24)25)15-8-7-14(20)10-16(15)19(18)9-5-3-4-6-17(21)22;1-9-8-13(2,3)14-12-7-10(15-4)5-6-11(9)12;;;/h8-11,22H,3-7,12H2,1-2H3,(H,23,24)(H,25,26,27);8-9,11-12H,4-7,10,13H2,1-3H3,(H,21,22)(H,23,24,25);9-10,12-13H,5-8,11H2,1-4H3,(H,21,22);7-8,10-11,20H,3-6,9,12H2,1-2H3,(H,21,22)(H,23,24,25);5-8,14H,1-4H3;;;/q;;;;;3*+1/p-3. The number of hydrogen-bond donors (Lipinski definition) is 7. The molecule has 10 rings (SSSR count). The average molecular weight is 1780 g/mol. The van der Waals surface area contributed by atoms with Gasteiger partial charge in [-0.2, -0.15) is 0 Å². The molecule has 5 heterocycles. The average Bonchev–Trinajstić information content (AvgIpc) is 0.762. The molecule has 0 aliphatic carbocycles. The van der Waals surface area contributed by atoms with Crippen molar-refractivity contribution in [3.8, 4) is 28.7 Å². The summed E-state index contributed by atoms with van der Waals surface area (Å²) in [5, 5.41) is 58.4. The third-order valence-corrected chi connectivity index (χ3v) is 23.0. The number of unbranched alkanes of at least 4 members (excludes halogenated alkanes) is 8. The molecule has 5 aliphatic rings. The number of carboxylic acid groups (broad SMARTS) is 4. The quantitative estimate of drug-likeness (QED) is 0.0100. The van der Waals surface area contributed by atoms with Gasteiger partial charge in [0.25, 0.3) is 0 Å². The number of nitrogens with zero attached hydrogens (tertiary/aromatic N) is 4. The van der Waals surface area contributed by atoms with Crippen molar-refractivity contribution in [2.75, 3.05) is 89.7 Å². The molecule has 0 atom stereocenters. The van der Waals surface area contributed by atoms with E-state index in [-0.39, 0.29) is 142 Å². The van der Waals surface area contributed by atoms with Gasteiger partial charge in [-0.15, -0.1) is 0 Å². The second-order valence-electron chi connectivity index (χ2n) is 33.1. The van der Waals surface area contributed by atoms with Gasteiger partial charge in [0, 0.05) is 138 Å². The molecule has 5 aromatic rings. The summed E-state index contributed by atoms with van der Waals surface area (Å²) < 4.78 is 118. The number of phenols is 2. The van der Waals surface area contributed by atoms with E-state index in [0.717, 1.165) is 74.4 Å². The van der Waals surface area contributed by atoms with Crippen LogP contribution in [-0.4, -0.2) is 192 Å². The molecule has 5 aliphatic heterocycles. The largest absolute Gasteiger partial charge is 1.00 e. The van der Waals surface area contributed by atoms with Crippen LogP contribution in [0.3, 0.4) is 0 Å². The Labute approximate surface area is 786 Å². The number of ether oxygens (including phenoxy) is 3. The van der Waals surface area contributed by atoms with Gasteiger partial charge in [0.2, 0.25) is 0 Å². The van der Waals surface area contributed by atoms with Crippen LogP contribution in [0.15, 0.2) is 115 Å². The zero-order valence-electron chi connectivity index (χ0n) is 73.9. The Hall–Kier alpha value is -6.92. The molecule has 0 aromatic heterocycles. The van der Waals surface area contributed by atoms with Crippen molar-refractivity contribution in [3.05, 3.63) is 149 Å². The fourth-order valence-corrected chi connectivity index (χ4v) is 17.6. The third-order valence-electron chi connectivity index (χ3n) is 21.0. The predicted octanol–water partition coefficient (Wildman–Crippen LogP) is 6.47. The first kappa shape index (κ1) is 109. The Morgan fingerprint density at radius 2 is 0.697 bits per heavy atom. The number of carbonyl (C=O) groups excluding carboxylic acids is 1. The maximum Gasteiger partial charge on any atom is 1.00 e. The predicted molar refractivity (Wildman–Crippen MR) is 463 cm³/mol. The van der Waals surface area contributed by atoms with Crippen molar-refractivity contribution in [2.24, 2.45) is 0 Å². The summed E-state index contributed by atoms with van der Waals surface area (Å²) in [7, 11) is -8.43. The van der Waals surface area contributed by atoms with Crippen molar-refractivity contribution in [2.45, 2.75) is 214 Å². The minimum absolute atomic E-state index is 0. The molecule has 654 valence electrons. The van der Waals surface area contributed by atoms with Crippen LogP contribution in [0.25, 0.3) is 27.9 Å². The molecule has 34 heteroatoms. The fraction of sp³-hybridized carbons (Fsp3) is 0.489. The SMILES string of the molecule is CC1(C)C=C(CS(=O)(=O)[O-])c2cc(C=O)c(O)cc2N1CCCCCC(=O)O.CC1(C)C=C(CS(=O)(=O)[O-])c2ccc(O)cc2N1CCCCCC(=O)O.COc1ccc2c(c1)N(CCCCCC(=O)O)C(C)(C)C=C2C.COc1ccc2c(c1)N(CCCCCC(=O)O)C(C)(C)C=C2CS(=O)(=O)[O-].COc1ccc2c(c1)NC(C)(C)C=C2C.[Na+].[Na+].[Na+]. The van der Waals surface area contributed by atoms with E-state index in [1.54, 1.807) is 57.7 Å². The molecule has 0 saturated heterocycles. The van der Waals surface area contributed by atoms with E-state index in [1.807, 2.05) is 81.7 Å². The van der Waals surface area contributed by atoms with E-state index in [1.165, 1.54) is 46.2 Å². The van der Waals surface area contributed by atoms with Gasteiger partial charge in [-0.3, -0.25) is 24.0 Å². The van der Waals surface area contributed by atoms with Crippen molar-refractivity contribution < 1.29 is 196 Å². The molecular formula is C88H118N5Na3O23S3. The second kappa shape index (κ2) is 47.6. The Bertz CT molecular complexity index is 5000. The van der Waals surface area contributed by atoms with Gasteiger partial charge in [0.1, 0.15) is 28.7 Å². The maximum atomic E-state index is 11.3. The molecule has 0 spiro atoms. The topological polar surface area (TPSA) is 431 Å². The Morgan fingerprint density at radius 1 is 0.393 bits per heavy atom. The summed E-state index contributed by atoms with van der Waals surface area (Å²) in [4.78, 5) is 62.2. The van der Waals surface area contributed by atoms with Crippen LogP contribution < -0.4 is 128 Å². The zero-order chi connectivity index (χ0) is 89.0. The molecule has 5 aromatic carbocycles. The van der Waals surface area contributed by atoms with Gasteiger partial charge in [0.05, 0.1) is 102 Å². The van der Waals surface area contributed by atoms with E-state index in [0.29, 0.717) is 109 Å². The smallest absolute Gasteiger partial charge is 0.748 e. The number of aldehydes is 1. The molecule has 7 N–H and O–H groups in total. The molecule has 0 amide bonds. The normalized spacial score (nSPS) is 15.7. The molecular weight excluding hydrogens is 1660 g/mol. The number of benzene rings is 5. The Balaban J connectivity index is 0.000000396. The number of hydrogen-bond acceptors (Lipinski definition) is 24.